The quantitative estimate of drug-likeness (QED) is 0.817. The van der Waals surface area contributed by atoms with Crippen molar-refractivity contribution in [2.75, 3.05) is 20.8 Å². The van der Waals surface area contributed by atoms with Crippen LogP contribution in [0, 0.1) is 6.92 Å². The lowest BCUT2D eigenvalue weighted by Crippen LogP contribution is -2.34. The summed E-state index contributed by atoms with van der Waals surface area (Å²) in [6, 6.07) is 6.96. The summed E-state index contributed by atoms with van der Waals surface area (Å²) in [7, 11) is -0.789. The van der Waals surface area contributed by atoms with Gasteiger partial charge in [-0.15, -0.1) is 0 Å². The summed E-state index contributed by atoms with van der Waals surface area (Å²) in [5, 5.41) is 0.785. The fourth-order valence-corrected chi connectivity index (χ4v) is 3.17. The van der Waals surface area contributed by atoms with Gasteiger partial charge in [-0.1, -0.05) is 12.1 Å². The van der Waals surface area contributed by atoms with Crippen molar-refractivity contribution in [3.63, 3.8) is 0 Å². The zero-order chi connectivity index (χ0) is 15.5. The molecular formula is C14H18N2O4S. The van der Waals surface area contributed by atoms with Crippen molar-refractivity contribution >= 4 is 20.9 Å². The van der Waals surface area contributed by atoms with Crippen LogP contribution in [0.1, 0.15) is 5.56 Å². The van der Waals surface area contributed by atoms with Crippen molar-refractivity contribution in [3.05, 3.63) is 36.0 Å². The third-order valence-electron chi connectivity index (χ3n) is 3.07. The number of fused-ring (bicyclic) bond motifs is 1. The molecule has 0 saturated carbocycles. The Morgan fingerprint density at radius 3 is 2.67 bits per heavy atom. The van der Waals surface area contributed by atoms with E-state index in [1.165, 1.54) is 20.3 Å². The molecule has 0 bridgehead atoms. The van der Waals surface area contributed by atoms with Gasteiger partial charge in [0.1, 0.15) is 4.90 Å². The van der Waals surface area contributed by atoms with E-state index in [1.807, 2.05) is 19.1 Å². The van der Waals surface area contributed by atoms with E-state index in [9.17, 15) is 8.42 Å². The Labute approximate surface area is 124 Å². The number of rotatable bonds is 6. The van der Waals surface area contributed by atoms with Gasteiger partial charge in [0.2, 0.25) is 10.0 Å². The van der Waals surface area contributed by atoms with E-state index >= 15 is 0 Å². The highest BCUT2D eigenvalue weighted by atomic mass is 32.2. The van der Waals surface area contributed by atoms with Gasteiger partial charge in [0.15, 0.2) is 6.29 Å². The molecule has 0 atom stereocenters. The SMILES string of the molecule is COC(CNS(=O)(=O)c1cccc2cc(C)cnc12)OC. The average molecular weight is 310 g/mol. The molecule has 1 aromatic heterocycles. The van der Waals surface area contributed by atoms with Gasteiger partial charge in [-0.05, 0) is 24.6 Å². The number of hydrogen-bond donors (Lipinski definition) is 1. The molecule has 114 valence electrons. The predicted molar refractivity (Wildman–Crippen MR) is 79.5 cm³/mol. The maximum absolute atomic E-state index is 12.4. The number of aromatic nitrogens is 1. The summed E-state index contributed by atoms with van der Waals surface area (Å²) >= 11 is 0. The molecule has 0 radical (unpaired) electrons. The number of aryl methyl sites for hydroxylation is 1. The van der Waals surface area contributed by atoms with Gasteiger partial charge < -0.3 is 9.47 Å². The second-order valence-corrected chi connectivity index (χ2v) is 6.33. The van der Waals surface area contributed by atoms with Gasteiger partial charge in [-0.3, -0.25) is 4.98 Å². The van der Waals surface area contributed by atoms with Crippen LogP contribution in [0.3, 0.4) is 0 Å². The van der Waals surface area contributed by atoms with Gasteiger partial charge in [-0.25, -0.2) is 13.1 Å². The summed E-state index contributed by atoms with van der Waals surface area (Å²) in [5.74, 6) is 0. The lowest BCUT2D eigenvalue weighted by atomic mass is 10.2. The van der Waals surface area contributed by atoms with Crippen LogP contribution in [0.5, 0.6) is 0 Å². The molecule has 2 rings (SSSR count). The fraction of sp³-hybridized carbons (Fsp3) is 0.357. The van der Waals surface area contributed by atoms with E-state index in [1.54, 1.807) is 12.3 Å². The van der Waals surface area contributed by atoms with Gasteiger partial charge in [-0.2, -0.15) is 0 Å². The molecule has 1 aromatic carbocycles. The van der Waals surface area contributed by atoms with Crippen molar-refractivity contribution in [1.82, 2.24) is 9.71 Å². The first-order chi connectivity index (χ1) is 9.97. The summed E-state index contributed by atoms with van der Waals surface area (Å²) in [4.78, 5) is 4.38. The molecule has 2 aromatic rings. The fourth-order valence-electron chi connectivity index (χ4n) is 1.98. The van der Waals surface area contributed by atoms with Crippen molar-refractivity contribution in [3.8, 4) is 0 Å². The lowest BCUT2D eigenvalue weighted by molar-refractivity contribution is -0.0960. The molecule has 0 aliphatic carbocycles. The Morgan fingerprint density at radius 1 is 1.29 bits per heavy atom. The second kappa shape index (κ2) is 6.48. The van der Waals surface area contributed by atoms with Gasteiger partial charge in [0, 0.05) is 25.8 Å². The Morgan fingerprint density at radius 2 is 2.00 bits per heavy atom. The number of para-hydroxylation sites is 1. The van der Waals surface area contributed by atoms with Crippen LogP contribution < -0.4 is 4.72 Å². The molecule has 0 fully saturated rings. The van der Waals surface area contributed by atoms with Crippen LogP contribution >= 0.6 is 0 Å². The van der Waals surface area contributed by atoms with Gasteiger partial charge >= 0.3 is 0 Å². The molecule has 0 saturated heterocycles. The van der Waals surface area contributed by atoms with Crippen LogP contribution in [0.2, 0.25) is 0 Å². The zero-order valence-electron chi connectivity index (χ0n) is 12.2. The van der Waals surface area contributed by atoms with Gasteiger partial charge in [0.25, 0.3) is 0 Å². The standard InChI is InChI=1S/C14H18N2O4S/c1-10-7-11-5-4-6-12(14(11)15-8-10)21(17,18)16-9-13(19-2)20-3/h4-8,13,16H,9H2,1-3H3. The second-order valence-electron chi connectivity index (χ2n) is 4.59. The minimum atomic E-state index is -3.69. The zero-order valence-corrected chi connectivity index (χ0v) is 13.0. The van der Waals surface area contributed by atoms with Crippen LogP contribution in [0.25, 0.3) is 10.9 Å². The molecule has 0 spiro atoms. The first kappa shape index (κ1) is 15.8. The van der Waals surface area contributed by atoms with Crippen LogP contribution in [-0.4, -0.2) is 40.5 Å². The van der Waals surface area contributed by atoms with E-state index in [0.29, 0.717) is 5.52 Å². The van der Waals surface area contributed by atoms with Crippen molar-refractivity contribution in [2.24, 2.45) is 0 Å². The van der Waals surface area contributed by atoms with Crippen molar-refractivity contribution in [2.45, 2.75) is 18.1 Å². The molecule has 21 heavy (non-hydrogen) atoms. The monoisotopic (exact) mass is 310 g/mol. The summed E-state index contributed by atoms with van der Waals surface area (Å²) in [6.45, 7) is 1.94. The normalized spacial score (nSPS) is 12.2. The molecule has 7 heteroatoms. The predicted octanol–water partition coefficient (Wildman–Crippen LogP) is 1.44. The number of nitrogens with one attached hydrogen (secondary N) is 1. The Hall–Kier alpha value is -1.54. The number of methoxy groups -OCH3 is 2. The maximum Gasteiger partial charge on any atom is 0.242 e. The molecule has 0 aliphatic rings. The maximum atomic E-state index is 12.4. The topological polar surface area (TPSA) is 77.5 Å². The molecule has 6 nitrogen and oxygen atoms in total. The summed E-state index contributed by atoms with van der Waals surface area (Å²) in [5.41, 5.74) is 1.42. The Bertz CT molecular complexity index is 727. The minimum Gasteiger partial charge on any atom is -0.355 e. The first-order valence-electron chi connectivity index (χ1n) is 6.38. The Balaban J connectivity index is 2.36. The largest absolute Gasteiger partial charge is 0.355 e. The van der Waals surface area contributed by atoms with Gasteiger partial charge in [0.05, 0.1) is 12.1 Å². The molecule has 0 unspecified atom stereocenters. The van der Waals surface area contributed by atoms with E-state index in [2.05, 4.69) is 9.71 Å². The van der Waals surface area contributed by atoms with E-state index in [4.69, 9.17) is 9.47 Å². The average Bonchev–Trinajstić information content (AvgIpc) is 2.47. The molecular weight excluding hydrogens is 292 g/mol. The molecule has 1 heterocycles. The van der Waals surface area contributed by atoms with Crippen molar-refractivity contribution in [1.29, 1.82) is 0 Å². The molecule has 0 amide bonds. The van der Waals surface area contributed by atoms with Crippen LogP contribution in [0.4, 0.5) is 0 Å². The van der Waals surface area contributed by atoms with Crippen LogP contribution in [-0.2, 0) is 19.5 Å². The number of hydrogen-bond acceptors (Lipinski definition) is 5. The molecule has 1 N–H and O–H groups in total. The van der Waals surface area contributed by atoms with E-state index in [0.717, 1.165) is 10.9 Å². The first-order valence-corrected chi connectivity index (χ1v) is 7.87. The van der Waals surface area contributed by atoms with E-state index < -0.39 is 16.3 Å². The third-order valence-corrected chi connectivity index (χ3v) is 4.52. The number of pyridine rings is 1. The van der Waals surface area contributed by atoms with E-state index in [-0.39, 0.29) is 11.4 Å². The highest BCUT2D eigenvalue weighted by Gasteiger charge is 2.19. The Kier molecular flexibility index (Phi) is 4.89. The smallest absolute Gasteiger partial charge is 0.242 e. The third kappa shape index (κ3) is 3.56. The number of benzene rings is 1. The summed E-state index contributed by atoms with van der Waals surface area (Å²) in [6.07, 6.45) is 1.01. The number of ether oxygens (including phenoxy) is 2. The van der Waals surface area contributed by atoms with Crippen LogP contribution in [0.15, 0.2) is 35.4 Å². The number of sulfonamides is 1. The lowest BCUT2D eigenvalue weighted by Gasteiger charge is -2.15. The highest BCUT2D eigenvalue weighted by Crippen LogP contribution is 2.21. The van der Waals surface area contributed by atoms with Crippen molar-refractivity contribution < 1.29 is 17.9 Å². The molecule has 0 aliphatic heterocycles. The summed E-state index contributed by atoms with van der Waals surface area (Å²) < 4.78 is 37.2. The number of nitrogens with zero attached hydrogens (tertiary/aromatic N) is 1. The highest BCUT2D eigenvalue weighted by molar-refractivity contribution is 7.89. The minimum absolute atomic E-state index is 0.0254.